The van der Waals surface area contributed by atoms with Gasteiger partial charge < -0.3 is 15.3 Å². The van der Waals surface area contributed by atoms with Crippen molar-refractivity contribution >= 4 is 11.7 Å². The quantitative estimate of drug-likeness (QED) is 0.795. The zero-order chi connectivity index (χ0) is 14.5. The van der Waals surface area contributed by atoms with Crippen molar-refractivity contribution in [2.75, 3.05) is 24.5 Å². The summed E-state index contributed by atoms with van der Waals surface area (Å²) < 4.78 is 13.8. The third kappa shape index (κ3) is 3.67. The molecule has 19 heavy (non-hydrogen) atoms. The van der Waals surface area contributed by atoms with E-state index in [1.54, 1.807) is 30.0 Å². The Morgan fingerprint density at radius 2 is 2.05 bits per heavy atom. The first-order valence-corrected chi connectivity index (χ1v) is 6.42. The molecule has 0 heterocycles. The summed E-state index contributed by atoms with van der Waals surface area (Å²) in [6, 6.07) is 6.40. The zero-order valence-electron chi connectivity index (χ0n) is 11.6. The maximum atomic E-state index is 13.8. The average Bonchev–Trinajstić information content (AvgIpc) is 2.37. The fourth-order valence-corrected chi connectivity index (χ4v) is 2.05. The molecule has 0 aliphatic rings. The lowest BCUT2D eigenvalue weighted by Gasteiger charge is -2.33. The Morgan fingerprint density at radius 3 is 2.53 bits per heavy atom. The number of carbonyl (C=O) groups is 1. The van der Waals surface area contributed by atoms with Crippen LogP contribution in [-0.2, 0) is 4.79 Å². The van der Waals surface area contributed by atoms with Crippen molar-refractivity contribution in [3.63, 3.8) is 0 Å². The number of rotatable bonds is 7. The summed E-state index contributed by atoms with van der Waals surface area (Å²) in [4.78, 5) is 13.1. The molecule has 0 aliphatic carbocycles. The zero-order valence-corrected chi connectivity index (χ0v) is 11.6. The van der Waals surface area contributed by atoms with Gasteiger partial charge in [-0.15, -0.1) is 0 Å². The molecule has 0 saturated carbocycles. The van der Waals surface area contributed by atoms with Crippen molar-refractivity contribution in [2.24, 2.45) is 0 Å². The van der Waals surface area contributed by atoms with Crippen LogP contribution in [0.1, 0.15) is 20.8 Å². The van der Waals surface area contributed by atoms with E-state index in [0.717, 1.165) is 0 Å². The van der Waals surface area contributed by atoms with E-state index in [-0.39, 0.29) is 12.4 Å². The highest BCUT2D eigenvalue weighted by Gasteiger charge is 2.34. The van der Waals surface area contributed by atoms with Crippen LogP contribution in [0.2, 0.25) is 0 Å². The lowest BCUT2D eigenvalue weighted by Crippen LogP contribution is -2.57. The number of nitrogens with one attached hydrogen (secondary N) is 1. The Bertz CT molecular complexity index is 439. The lowest BCUT2D eigenvalue weighted by atomic mass is 10.0. The van der Waals surface area contributed by atoms with Gasteiger partial charge in [-0.2, -0.15) is 0 Å². The highest BCUT2D eigenvalue weighted by atomic mass is 19.1. The molecular formula is C14H21FN2O2. The van der Waals surface area contributed by atoms with Gasteiger partial charge in [0, 0.05) is 13.1 Å². The highest BCUT2D eigenvalue weighted by Crippen LogP contribution is 2.21. The Balaban J connectivity index is 2.98. The third-order valence-electron chi connectivity index (χ3n) is 3.12. The van der Waals surface area contributed by atoms with E-state index in [9.17, 15) is 14.3 Å². The van der Waals surface area contributed by atoms with Crippen molar-refractivity contribution in [1.29, 1.82) is 0 Å². The van der Waals surface area contributed by atoms with Gasteiger partial charge in [-0.1, -0.05) is 19.1 Å². The van der Waals surface area contributed by atoms with Crippen LogP contribution in [-0.4, -0.2) is 36.2 Å². The van der Waals surface area contributed by atoms with Crippen LogP contribution in [0.25, 0.3) is 0 Å². The number of benzene rings is 1. The fourth-order valence-electron chi connectivity index (χ4n) is 2.05. The number of carboxylic acids is 1. The van der Waals surface area contributed by atoms with Gasteiger partial charge >= 0.3 is 5.97 Å². The van der Waals surface area contributed by atoms with Crippen molar-refractivity contribution in [3.8, 4) is 0 Å². The van der Waals surface area contributed by atoms with E-state index in [0.29, 0.717) is 18.8 Å². The van der Waals surface area contributed by atoms with Crippen LogP contribution in [0.3, 0.4) is 0 Å². The van der Waals surface area contributed by atoms with E-state index in [1.807, 2.05) is 13.8 Å². The Kier molecular flexibility index (Phi) is 5.30. The molecule has 0 aromatic heterocycles. The molecule has 1 atom stereocenters. The molecule has 5 heteroatoms. The molecule has 106 valence electrons. The van der Waals surface area contributed by atoms with Gasteiger partial charge in [0.2, 0.25) is 0 Å². The number of likely N-dealkylation sites (N-methyl/N-ethyl adjacent to an activating group) is 2. The molecule has 4 nitrogen and oxygen atoms in total. The third-order valence-corrected chi connectivity index (χ3v) is 3.12. The first kappa shape index (κ1) is 15.4. The minimum atomic E-state index is -1.10. The molecule has 0 spiro atoms. The van der Waals surface area contributed by atoms with Gasteiger partial charge in [-0.25, -0.2) is 4.39 Å². The van der Waals surface area contributed by atoms with E-state index >= 15 is 0 Å². The maximum Gasteiger partial charge on any atom is 0.325 e. The minimum absolute atomic E-state index is 0.202. The molecule has 0 bridgehead atoms. The highest BCUT2D eigenvalue weighted by molar-refractivity contribution is 5.79. The molecular weight excluding hydrogens is 247 g/mol. The van der Waals surface area contributed by atoms with E-state index < -0.39 is 11.5 Å². The van der Waals surface area contributed by atoms with E-state index in [1.165, 1.54) is 6.07 Å². The number of anilines is 1. The largest absolute Gasteiger partial charge is 0.480 e. The SMILES string of the molecule is CCNC(C)(CN(CC)c1ccccc1F)C(=O)O. The predicted molar refractivity (Wildman–Crippen MR) is 74.0 cm³/mol. The molecule has 1 rings (SSSR count). The average molecular weight is 268 g/mol. The first-order valence-electron chi connectivity index (χ1n) is 6.42. The lowest BCUT2D eigenvalue weighted by molar-refractivity contribution is -0.143. The number of hydrogen-bond donors (Lipinski definition) is 2. The topological polar surface area (TPSA) is 52.6 Å². The van der Waals surface area contributed by atoms with Crippen LogP contribution in [0.15, 0.2) is 24.3 Å². The monoisotopic (exact) mass is 268 g/mol. The molecule has 1 unspecified atom stereocenters. The molecule has 0 aliphatic heterocycles. The molecule has 1 aromatic rings. The normalized spacial score (nSPS) is 13.9. The Labute approximate surface area is 113 Å². The van der Waals surface area contributed by atoms with Crippen LogP contribution < -0.4 is 10.2 Å². The smallest absolute Gasteiger partial charge is 0.325 e. The van der Waals surface area contributed by atoms with E-state index in [4.69, 9.17) is 0 Å². The maximum absolute atomic E-state index is 13.8. The second-order valence-corrected chi connectivity index (χ2v) is 4.63. The second-order valence-electron chi connectivity index (χ2n) is 4.63. The van der Waals surface area contributed by atoms with Gasteiger partial charge in [0.15, 0.2) is 0 Å². The van der Waals surface area contributed by atoms with Crippen molar-refractivity contribution in [3.05, 3.63) is 30.1 Å². The van der Waals surface area contributed by atoms with Gasteiger partial charge in [0.25, 0.3) is 0 Å². The molecule has 1 aromatic carbocycles. The number of aliphatic carboxylic acids is 1. The summed E-state index contributed by atoms with van der Waals surface area (Å²) in [6.07, 6.45) is 0. The number of halogens is 1. The Morgan fingerprint density at radius 1 is 1.42 bits per heavy atom. The summed E-state index contributed by atoms with van der Waals surface area (Å²) in [5.74, 6) is -1.28. The number of carboxylic acid groups (broad SMARTS) is 1. The molecule has 2 N–H and O–H groups in total. The van der Waals surface area contributed by atoms with Gasteiger partial charge in [0.1, 0.15) is 11.4 Å². The van der Waals surface area contributed by atoms with Gasteiger partial charge in [-0.3, -0.25) is 4.79 Å². The fraction of sp³-hybridized carbons (Fsp3) is 0.500. The van der Waals surface area contributed by atoms with Crippen LogP contribution in [0.5, 0.6) is 0 Å². The molecule has 0 fully saturated rings. The van der Waals surface area contributed by atoms with Crippen LogP contribution >= 0.6 is 0 Å². The van der Waals surface area contributed by atoms with Crippen LogP contribution in [0, 0.1) is 5.82 Å². The van der Waals surface area contributed by atoms with Crippen molar-refractivity contribution in [1.82, 2.24) is 5.32 Å². The van der Waals surface area contributed by atoms with Crippen molar-refractivity contribution < 1.29 is 14.3 Å². The number of hydrogen-bond acceptors (Lipinski definition) is 3. The second kappa shape index (κ2) is 6.52. The standard InChI is InChI=1S/C14H21FN2O2/c1-4-16-14(3,13(18)19)10-17(5-2)12-9-7-6-8-11(12)15/h6-9,16H,4-5,10H2,1-3H3,(H,18,19). The van der Waals surface area contributed by atoms with Crippen molar-refractivity contribution in [2.45, 2.75) is 26.3 Å². The predicted octanol–water partition coefficient (Wildman–Crippen LogP) is 2.10. The summed E-state index contributed by atoms with van der Waals surface area (Å²) in [7, 11) is 0. The van der Waals surface area contributed by atoms with Gasteiger partial charge in [0.05, 0.1) is 5.69 Å². The molecule has 0 amide bonds. The van der Waals surface area contributed by atoms with E-state index in [2.05, 4.69) is 5.32 Å². The van der Waals surface area contributed by atoms with Crippen LogP contribution in [0.4, 0.5) is 10.1 Å². The molecule has 0 saturated heterocycles. The van der Waals surface area contributed by atoms with Gasteiger partial charge in [-0.05, 0) is 32.5 Å². The summed E-state index contributed by atoms with van der Waals surface area (Å²) in [5.41, 5.74) is -0.678. The number of nitrogens with zero attached hydrogens (tertiary/aromatic N) is 1. The summed E-state index contributed by atoms with van der Waals surface area (Å²) in [5, 5.41) is 12.3. The minimum Gasteiger partial charge on any atom is -0.480 e. The summed E-state index contributed by atoms with van der Waals surface area (Å²) >= 11 is 0. The first-order chi connectivity index (χ1) is 8.94. The molecule has 0 radical (unpaired) electrons. The summed E-state index contributed by atoms with van der Waals surface area (Å²) in [6.45, 7) is 6.62. The Hall–Kier alpha value is -1.62. The number of para-hydroxylation sites is 1.